The summed E-state index contributed by atoms with van der Waals surface area (Å²) >= 11 is 0. The van der Waals surface area contributed by atoms with Gasteiger partial charge in [-0.05, 0) is 6.42 Å². The minimum atomic E-state index is -0.957. The van der Waals surface area contributed by atoms with E-state index in [9.17, 15) is 9.59 Å². The SMILES string of the molecule is O=C(O)CN[C@@H]1C[C@@H]1C(=O)O. The average Bonchev–Trinajstić information content (AvgIpc) is 2.61. The predicted octanol–water partition coefficient (Wildman–Crippen LogP) is -0.866. The lowest BCUT2D eigenvalue weighted by Gasteiger charge is -1.96. The van der Waals surface area contributed by atoms with Gasteiger partial charge in [0.2, 0.25) is 0 Å². The van der Waals surface area contributed by atoms with Crippen LogP contribution < -0.4 is 5.32 Å². The van der Waals surface area contributed by atoms with Gasteiger partial charge in [-0.1, -0.05) is 0 Å². The zero-order valence-electron chi connectivity index (χ0n) is 5.78. The van der Waals surface area contributed by atoms with Crippen molar-refractivity contribution in [2.75, 3.05) is 6.54 Å². The van der Waals surface area contributed by atoms with Crippen LogP contribution in [0.15, 0.2) is 0 Å². The fourth-order valence-electron chi connectivity index (χ4n) is 0.912. The van der Waals surface area contributed by atoms with E-state index in [0.29, 0.717) is 6.42 Å². The average molecular weight is 159 g/mol. The van der Waals surface area contributed by atoms with Crippen LogP contribution >= 0.6 is 0 Å². The van der Waals surface area contributed by atoms with Crippen LogP contribution in [0, 0.1) is 5.92 Å². The van der Waals surface area contributed by atoms with E-state index in [1.165, 1.54) is 0 Å². The van der Waals surface area contributed by atoms with Crippen molar-refractivity contribution in [3.63, 3.8) is 0 Å². The van der Waals surface area contributed by atoms with Crippen LogP contribution in [0.3, 0.4) is 0 Å². The predicted molar refractivity (Wildman–Crippen MR) is 35.2 cm³/mol. The van der Waals surface area contributed by atoms with Gasteiger partial charge in [-0.15, -0.1) is 0 Å². The lowest BCUT2D eigenvalue weighted by atomic mass is 10.4. The second-order valence-corrected chi connectivity index (χ2v) is 2.56. The van der Waals surface area contributed by atoms with Gasteiger partial charge in [0.25, 0.3) is 0 Å². The van der Waals surface area contributed by atoms with Crippen LogP contribution in [0.1, 0.15) is 6.42 Å². The number of hydrogen-bond acceptors (Lipinski definition) is 3. The molecule has 62 valence electrons. The zero-order valence-corrected chi connectivity index (χ0v) is 5.78. The molecule has 0 saturated heterocycles. The molecule has 0 unspecified atom stereocenters. The maximum atomic E-state index is 10.2. The van der Waals surface area contributed by atoms with E-state index in [-0.39, 0.29) is 18.5 Å². The fourth-order valence-corrected chi connectivity index (χ4v) is 0.912. The molecule has 0 amide bonds. The Balaban J connectivity index is 2.14. The first-order chi connectivity index (χ1) is 5.11. The van der Waals surface area contributed by atoms with E-state index < -0.39 is 11.9 Å². The minimum Gasteiger partial charge on any atom is -0.481 e. The Morgan fingerprint density at radius 1 is 1.45 bits per heavy atom. The molecule has 0 spiro atoms. The molecule has 0 bridgehead atoms. The highest BCUT2D eigenvalue weighted by atomic mass is 16.4. The van der Waals surface area contributed by atoms with Crippen molar-refractivity contribution in [2.24, 2.45) is 5.92 Å². The number of aliphatic carboxylic acids is 2. The molecule has 5 heteroatoms. The third kappa shape index (κ3) is 2.19. The third-order valence-corrected chi connectivity index (χ3v) is 1.62. The molecule has 0 aromatic rings. The van der Waals surface area contributed by atoms with Gasteiger partial charge in [0.1, 0.15) is 0 Å². The lowest BCUT2D eigenvalue weighted by Crippen LogP contribution is -2.26. The van der Waals surface area contributed by atoms with Crippen LogP contribution in [0.4, 0.5) is 0 Å². The van der Waals surface area contributed by atoms with E-state index in [0.717, 1.165) is 0 Å². The fraction of sp³-hybridized carbons (Fsp3) is 0.667. The molecule has 0 aromatic heterocycles. The molecule has 1 saturated carbocycles. The Labute approximate surface area is 63.0 Å². The molecule has 0 radical (unpaired) electrons. The zero-order chi connectivity index (χ0) is 8.43. The molecule has 5 nitrogen and oxygen atoms in total. The molecule has 1 fully saturated rings. The molecular formula is C6H9NO4. The molecule has 0 aliphatic heterocycles. The topological polar surface area (TPSA) is 86.6 Å². The summed E-state index contributed by atoms with van der Waals surface area (Å²) in [5.41, 5.74) is 0. The van der Waals surface area contributed by atoms with Crippen molar-refractivity contribution in [1.82, 2.24) is 5.32 Å². The Kier molecular flexibility index (Phi) is 2.09. The smallest absolute Gasteiger partial charge is 0.317 e. The van der Waals surface area contributed by atoms with Gasteiger partial charge in [-0.3, -0.25) is 9.59 Å². The van der Waals surface area contributed by atoms with E-state index in [4.69, 9.17) is 10.2 Å². The summed E-state index contributed by atoms with van der Waals surface area (Å²) in [7, 11) is 0. The van der Waals surface area contributed by atoms with E-state index in [1.54, 1.807) is 0 Å². The summed E-state index contributed by atoms with van der Waals surface area (Å²) in [6.07, 6.45) is 0.544. The first-order valence-corrected chi connectivity index (χ1v) is 3.29. The molecule has 11 heavy (non-hydrogen) atoms. The van der Waals surface area contributed by atoms with Gasteiger partial charge in [0.05, 0.1) is 12.5 Å². The van der Waals surface area contributed by atoms with Crippen LogP contribution in [0.25, 0.3) is 0 Å². The van der Waals surface area contributed by atoms with Crippen molar-refractivity contribution in [3.05, 3.63) is 0 Å². The number of nitrogens with one attached hydrogen (secondary N) is 1. The number of carbonyl (C=O) groups is 2. The molecule has 0 heterocycles. The van der Waals surface area contributed by atoms with Crippen LogP contribution in [-0.4, -0.2) is 34.7 Å². The quantitative estimate of drug-likeness (QED) is 0.496. The standard InChI is InChI=1S/C6H9NO4/c8-5(9)2-7-4-1-3(4)6(10)11/h3-4,7H,1-2H2,(H,8,9)(H,10,11)/t3-,4+/m0/s1. The number of carboxylic acids is 2. The summed E-state index contributed by atoms with van der Waals surface area (Å²) in [6.45, 7) is -0.158. The first kappa shape index (κ1) is 8.00. The second-order valence-electron chi connectivity index (χ2n) is 2.56. The maximum absolute atomic E-state index is 10.2. The van der Waals surface area contributed by atoms with Crippen molar-refractivity contribution in [3.8, 4) is 0 Å². The summed E-state index contributed by atoms with van der Waals surface area (Å²) in [5.74, 6) is -2.19. The van der Waals surface area contributed by atoms with Crippen LogP contribution in [0.5, 0.6) is 0 Å². The Hall–Kier alpha value is -1.10. The maximum Gasteiger partial charge on any atom is 0.317 e. The molecule has 1 rings (SSSR count). The van der Waals surface area contributed by atoms with Gasteiger partial charge in [-0.2, -0.15) is 0 Å². The molecule has 2 atom stereocenters. The monoisotopic (exact) mass is 159 g/mol. The highest BCUT2D eigenvalue weighted by Gasteiger charge is 2.42. The number of carboxylic acid groups (broad SMARTS) is 2. The molecule has 3 N–H and O–H groups in total. The van der Waals surface area contributed by atoms with E-state index >= 15 is 0 Å². The molecular weight excluding hydrogens is 150 g/mol. The van der Waals surface area contributed by atoms with Gasteiger partial charge >= 0.3 is 11.9 Å². The summed E-state index contributed by atoms with van der Waals surface area (Å²) in [6, 6.07) is -0.136. The Morgan fingerprint density at radius 3 is 2.45 bits per heavy atom. The summed E-state index contributed by atoms with van der Waals surface area (Å²) < 4.78 is 0. The van der Waals surface area contributed by atoms with Gasteiger partial charge < -0.3 is 15.5 Å². The Bertz CT molecular complexity index is 191. The van der Waals surface area contributed by atoms with Crippen molar-refractivity contribution >= 4 is 11.9 Å². The first-order valence-electron chi connectivity index (χ1n) is 3.29. The Morgan fingerprint density at radius 2 is 2.09 bits per heavy atom. The van der Waals surface area contributed by atoms with Gasteiger partial charge in [0, 0.05) is 6.04 Å². The van der Waals surface area contributed by atoms with Crippen molar-refractivity contribution < 1.29 is 19.8 Å². The van der Waals surface area contributed by atoms with E-state index in [1.807, 2.05) is 0 Å². The normalized spacial score (nSPS) is 28.0. The van der Waals surface area contributed by atoms with E-state index in [2.05, 4.69) is 5.32 Å². The molecule has 1 aliphatic rings. The summed E-state index contributed by atoms with van der Waals surface area (Å²) in [4.78, 5) is 20.2. The largest absolute Gasteiger partial charge is 0.481 e. The van der Waals surface area contributed by atoms with Gasteiger partial charge in [-0.25, -0.2) is 0 Å². The molecule has 1 aliphatic carbocycles. The number of rotatable bonds is 4. The highest BCUT2D eigenvalue weighted by Crippen LogP contribution is 2.29. The minimum absolute atomic E-state index is 0.136. The third-order valence-electron chi connectivity index (χ3n) is 1.62. The van der Waals surface area contributed by atoms with Crippen molar-refractivity contribution in [1.29, 1.82) is 0 Å². The highest BCUT2D eigenvalue weighted by molar-refractivity contribution is 5.75. The molecule has 0 aromatic carbocycles. The summed E-state index contributed by atoms with van der Waals surface area (Å²) in [5, 5.41) is 19.2. The van der Waals surface area contributed by atoms with Crippen LogP contribution in [0.2, 0.25) is 0 Å². The number of hydrogen-bond donors (Lipinski definition) is 3. The van der Waals surface area contributed by atoms with Crippen molar-refractivity contribution in [2.45, 2.75) is 12.5 Å². The van der Waals surface area contributed by atoms with Crippen LogP contribution in [-0.2, 0) is 9.59 Å². The second kappa shape index (κ2) is 2.87. The lowest BCUT2D eigenvalue weighted by molar-refractivity contribution is -0.139. The van der Waals surface area contributed by atoms with Gasteiger partial charge in [0.15, 0.2) is 0 Å².